The summed E-state index contributed by atoms with van der Waals surface area (Å²) in [7, 11) is 3.80. The van der Waals surface area contributed by atoms with Gasteiger partial charge in [-0.3, -0.25) is 0 Å². The lowest BCUT2D eigenvalue weighted by atomic mass is 10.6. The highest BCUT2D eigenvalue weighted by Gasteiger charge is 1.63. The lowest BCUT2D eigenvalue weighted by Gasteiger charge is -1.86. The molecule has 0 aromatic rings. The highest BCUT2D eigenvalue weighted by atomic mass is 14.8. The Labute approximate surface area is 58.3 Å². The largest absolute Gasteiger partial charge is 0.394 e. The smallest absolute Gasteiger partial charge is 0.0148 e. The van der Waals surface area contributed by atoms with Crippen molar-refractivity contribution in [2.75, 3.05) is 20.6 Å². The van der Waals surface area contributed by atoms with Gasteiger partial charge in [0.25, 0.3) is 0 Å². The van der Waals surface area contributed by atoms with E-state index in [1.54, 1.807) is 0 Å². The van der Waals surface area contributed by atoms with Crippen molar-refractivity contribution in [3.8, 4) is 0 Å². The predicted molar refractivity (Wildman–Crippen MR) is 43.5 cm³/mol. The van der Waals surface area contributed by atoms with E-state index in [0.717, 1.165) is 6.54 Å². The summed E-state index contributed by atoms with van der Waals surface area (Å²) in [5, 5.41) is 5.86. The van der Waals surface area contributed by atoms with Crippen molar-refractivity contribution in [2.45, 2.75) is 13.8 Å². The first-order valence-corrected chi connectivity index (χ1v) is 3.38. The number of hydrogen-bond donors (Lipinski definition) is 2. The van der Waals surface area contributed by atoms with Crippen LogP contribution in [0.4, 0.5) is 0 Å². The molecule has 0 aromatic heterocycles. The van der Waals surface area contributed by atoms with Gasteiger partial charge >= 0.3 is 0 Å². The van der Waals surface area contributed by atoms with Gasteiger partial charge in [-0.2, -0.15) is 0 Å². The maximum atomic E-state index is 2.98. The van der Waals surface area contributed by atoms with E-state index < -0.39 is 0 Å². The van der Waals surface area contributed by atoms with Crippen molar-refractivity contribution in [2.24, 2.45) is 0 Å². The minimum absolute atomic E-state index is 0.931. The summed E-state index contributed by atoms with van der Waals surface area (Å²) >= 11 is 0. The molecule has 0 aliphatic rings. The lowest BCUT2D eigenvalue weighted by Crippen LogP contribution is -2.05. The monoisotopic (exact) mass is 130 g/mol. The fraction of sp³-hybridized carbons (Fsp3) is 0.714. The third-order valence-electron chi connectivity index (χ3n) is 0.606. The van der Waals surface area contributed by atoms with Crippen LogP contribution in [-0.4, -0.2) is 20.6 Å². The van der Waals surface area contributed by atoms with Crippen LogP contribution in [0.25, 0.3) is 0 Å². The summed E-state index contributed by atoms with van der Waals surface area (Å²) in [6.45, 7) is 4.93. The third kappa shape index (κ3) is 18.5. The van der Waals surface area contributed by atoms with E-state index in [0.29, 0.717) is 0 Å². The maximum Gasteiger partial charge on any atom is 0.0148 e. The van der Waals surface area contributed by atoms with E-state index in [-0.39, 0.29) is 0 Å². The fourth-order valence-electron chi connectivity index (χ4n) is 0.295. The Morgan fingerprint density at radius 1 is 1.22 bits per heavy atom. The zero-order chi connectivity index (χ0) is 7.54. The molecule has 2 heteroatoms. The summed E-state index contributed by atoms with van der Waals surface area (Å²) in [5.41, 5.74) is 0. The molecule has 0 spiro atoms. The molecule has 9 heavy (non-hydrogen) atoms. The van der Waals surface area contributed by atoms with E-state index in [1.807, 2.05) is 40.2 Å². The minimum atomic E-state index is 0.931. The standard InChI is InChI=1S/C5H12N2.C2H6/c1-6-4-3-5-7-2;1-2/h3-4,6-7H,5H2,1-2H3;1-2H3/b4-3-;. The molecule has 0 rings (SSSR count). The number of rotatable bonds is 3. The predicted octanol–water partition coefficient (Wildman–Crippen LogP) is 0.965. The Morgan fingerprint density at radius 3 is 2.11 bits per heavy atom. The Kier molecular flexibility index (Phi) is 19.7. The van der Waals surface area contributed by atoms with Crippen LogP contribution in [-0.2, 0) is 0 Å². The van der Waals surface area contributed by atoms with Crippen LogP contribution in [0.15, 0.2) is 12.3 Å². The Balaban J connectivity index is 0. The zero-order valence-corrected chi connectivity index (χ0v) is 6.86. The summed E-state index contributed by atoms with van der Waals surface area (Å²) in [5.74, 6) is 0. The molecule has 0 aliphatic carbocycles. The van der Waals surface area contributed by atoms with Crippen molar-refractivity contribution in [1.29, 1.82) is 0 Å². The van der Waals surface area contributed by atoms with Gasteiger partial charge in [0.2, 0.25) is 0 Å². The van der Waals surface area contributed by atoms with Gasteiger partial charge in [0, 0.05) is 13.6 Å². The molecule has 0 atom stereocenters. The van der Waals surface area contributed by atoms with Gasteiger partial charge < -0.3 is 10.6 Å². The molecular formula is C7H18N2. The average Bonchev–Trinajstić information content (AvgIpc) is 1.94. The van der Waals surface area contributed by atoms with Gasteiger partial charge in [0.15, 0.2) is 0 Å². The molecule has 0 unspecified atom stereocenters. The summed E-state index contributed by atoms with van der Waals surface area (Å²) in [6, 6.07) is 0. The highest BCUT2D eigenvalue weighted by molar-refractivity contribution is 4.78. The first-order chi connectivity index (χ1) is 4.41. The van der Waals surface area contributed by atoms with Crippen molar-refractivity contribution < 1.29 is 0 Å². The van der Waals surface area contributed by atoms with Crippen LogP contribution in [0.5, 0.6) is 0 Å². The normalized spacial score (nSPS) is 8.44. The van der Waals surface area contributed by atoms with Gasteiger partial charge in [-0.1, -0.05) is 19.9 Å². The maximum absolute atomic E-state index is 2.98. The van der Waals surface area contributed by atoms with Crippen LogP contribution < -0.4 is 10.6 Å². The Hall–Kier alpha value is -0.500. The lowest BCUT2D eigenvalue weighted by molar-refractivity contribution is 0.910. The van der Waals surface area contributed by atoms with E-state index in [9.17, 15) is 0 Å². The summed E-state index contributed by atoms with van der Waals surface area (Å²) in [4.78, 5) is 0. The van der Waals surface area contributed by atoms with Gasteiger partial charge in [-0.25, -0.2) is 0 Å². The van der Waals surface area contributed by atoms with E-state index in [1.165, 1.54) is 0 Å². The Bertz CT molecular complexity index is 50.9. The second-order valence-corrected chi connectivity index (χ2v) is 1.25. The molecule has 0 saturated heterocycles. The summed E-state index contributed by atoms with van der Waals surface area (Å²) in [6.07, 6.45) is 3.91. The molecule has 56 valence electrons. The van der Waals surface area contributed by atoms with Crippen molar-refractivity contribution in [3.05, 3.63) is 12.3 Å². The average molecular weight is 130 g/mol. The van der Waals surface area contributed by atoms with Crippen molar-refractivity contribution >= 4 is 0 Å². The second kappa shape index (κ2) is 15.6. The molecule has 0 saturated carbocycles. The van der Waals surface area contributed by atoms with Crippen molar-refractivity contribution in [3.63, 3.8) is 0 Å². The number of hydrogen-bond acceptors (Lipinski definition) is 2. The first kappa shape index (κ1) is 11.3. The van der Waals surface area contributed by atoms with Crippen LogP contribution >= 0.6 is 0 Å². The van der Waals surface area contributed by atoms with Gasteiger partial charge in [-0.15, -0.1) is 0 Å². The molecule has 2 nitrogen and oxygen atoms in total. The van der Waals surface area contributed by atoms with Gasteiger partial charge in [-0.05, 0) is 13.2 Å². The third-order valence-corrected chi connectivity index (χ3v) is 0.606. The van der Waals surface area contributed by atoms with Crippen LogP contribution in [0.1, 0.15) is 13.8 Å². The first-order valence-electron chi connectivity index (χ1n) is 3.38. The zero-order valence-electron chi connectivity index (χ0n) is 6.86. The number of nitrogens with one attached hydrogen (secondary N) is 2. The second-order valence-electron chi connectivity index (χ2n) is 1.25. The van der Waals surface area contributed by atoms with Crippen LogP contribution in [0.3, 0.4) is 0 Å². The number of likely N-dealkylation sites (N-methyl/N-ethyl adjacent to an activating group) is 1. The minimum Gasteiger partial charge on any atom is -0.394 e. The highest BCUT2D eigenvalue weighted by Crippen LogP contribution is 1.58. The van der Waals surface area contributed by atoms with E-state index in [2.05, 4.69) is 10.6 Å². The molecule has 0 amide bonds. The van der Waals surface area contributed by atoms with E-state index >= 15 is 0 Å². The van der Waals surface area contributed by atoms with Crippen LogP contribution in [0, 0.1) is 0 Å². The SMILES string of the molecule is CC.CN/C=C\CNC. The molecular weight excluding hydrogens is 112 g/mol. The molecule has 0 aliphatic heterocycles. The molecule has 0 fully saturated rings. The molecule has 0 heterocycles. The molecule has 2 N–H and O–H groups in total. The Morgan fingerprint density at radius 2 is 1.78 bits per heavy atom. The summed E-state index contributed by atoms with van der Waals surface area (Å²) < 4.78 is 0. The molecule has 0 bridgehead atoms. The van der Waals surface area contributed by atoms with E-state index in [4.69, 9.17) is 0 Å². The topological polar surface area (TPSA) is 24.1 Å². The van der Waals surface area contributed by atoms with Crippen molar-refractivity contribution in [1.82, 2.24) is 10.6 Å². The molecule has 0 radical (unpaired) electrons. The fourth-order valence-corrected chi connectivity index (χ4v) is 0.295. The molecule has 0 aromatic carbocycles. The van der Waals surface area contributed by atoms with Gasteiger partial charge in [0.05, 0.1) is 0 Å². The quantitative estimate of drug-likeness (QED) is 0.594. The van der Waals surface area contributed by atoms with Crippen LogP contribution in [0.2, 0.25) is 0 Å². The van der Waals surface area contributed by atoms with Gasteiger partial charge in [0.1, 0.15) is 0 Å².